The molecule has 0 aromatic heterocycles. The van der Waals surface area contributed by atoms with E-state index in [-0.39, 0.29) is 11.8 Å². The molecule has 1 aliphatic heterocycles. The minimum absolute atomic E-state index is 0.0809. The van der Waals surface area contributed by atoms with Crippen molar-refractivity contribution in [1.82, 2.24) is 15.1 Å². The van der Waals surface area contributed by atoms with Gasteiger partial charge in [-0.25, -0.2) is 0 Å². The fourth-order valence-electron chi connectivity index (χ4n) is 2.66. The van der Waals surface area contributed by atoms with E-state index in [1.807, 2.05) is 0 Å². The van der Waals surface area contributed by atoms with Gasteiger partial charge in [-0.1, -0.05) is 13.8 Å². The Bertz CT molecular complexity index is 328. The Labute approximate surface area is 127 Å². The number of likely N-dealkylation sites (N-methyl/N-ethyl adjacent to an activating group) is 1. The third-order valence-corrected chi connectivity index (χ3v) is 4.06. The number of rotatable bonds is 9. The topological polar surface area (TPSA) is 72.9 Å². The van der Waals surface area contributed by atoms with Gasteiger partial charge in [0.05, 0.1) is 12.5 Å². The summed E-state index contributed by atoms with van der Waals surface area (Å²) < 4.78 is 0. The molecule has 0 radical (unpaired) electrons. The van der Waals surface area contributed by atoms with Gasteiger partial charge in [-0.05, 0) is 32.4 Å². The molecule has 1 amide bonds. The van der Waals surface area contributed by atoms with Crippen LogP contribution >= 0.6 is 0 Å². The van der Waals surface area contributed by atoms with Crippen LogP contribution in [0.1, 0.15) is 33.1 Å². The van der Waals surface area contributed by atoms with E-state index in [0.717, 1.165) is 32.6 Å². The first-order valence-electron chi connectivity index (χ1n) is 8.02. The zero-order valence-corrected chi connectivity index (χ0v) is 13.3. The molecule has 6 nitrogen and oxygen atoms in total. The number of aliphatic carboxylic acids is 1. The second-order valence-electron chi connectivity index (χ2n) is 5.60. The molecule has 0 aromatic carbocycles. The van der Waals surface area contributed by atoms with Gasteiger partial charge in [0.25, 0.3) is 0 Å². The maximum absolute atomic E-state index is 12.0. The molecule has 1 heterocycles. The van der Waals surface area contributed by atoms with Gasteiger partial charge in [-0.2, -0.15) is 0 Å². The molecular weight excluding hydrogens is 270 g/mol. The molecule has 2 N–H and O–H groups in total. The summed E-state index contributed by atoms with van der Waals surface area (Å²) in [4.78, 5) is 27.0. The minimum Gasteiger partial charge on any atom is -0.481 e. The van der Waals surface area contributed by atoms with Crippen LogP contribution in [-0.2, 0) is 9.59 Å². The Balaban J connectivity index is 2.15. The van der Waals surface area contributed by atoms with Gasteiger partial charge < -0.3 is 20.2 Å². The molecule has 1 rings (SSSR count). The Morgan fingerprint density at radius 1 is 1.24 bits per heavy atom. The Morgan fingerprint density at radius 2 is 1.90 bits per heavy atom. The number of carboxylic acids is 1. The number of hydrogen-bond acceptors (Lipinski definition) is 4. The second-order valence-corrected chi connectivity index (χ2v) is 5.60. The summed E-state index contributed by atoms with van der Waals surface area (Å²) in [6.07, 6.45) is 2.29. The number of nitrogens with zero attached hydrogens (tertiary/aromatic N) is 2. The second kappa shape index (κ2) is 9.73. The van der Waals surface area contributed by atoms with Crippen LogP contribution in [0.3, 0.4) is 0 Å². The lowest BCUT2D eigenvalue weighted by Gasteiger charge is -2.30. The minimum atomic E-state index is -0.740. The van der Waals surface area contributed by atoms with Gasteiger partial charge in [-0.3, -0.25) is 9.59 Å². The standard InChI is InChI=1S/C15H29N3O3/c1-3-8-17(4-2)11-7-16-12-14(19)18-9-5-13(6-10-18)15(20)21/h13,16H,3-12H2,1-2H3,(H,20,21). The van der Waals surface area contributed by atoms with Crippen molar-refractivity contribution in [2.45, 2.75) is 33.1 Å². The number of carbonyl (C=O) groups excluding carboxylic acids is 1. The molecule has 122 valence electrons. The van der Waals surface area contributed by atoms with Crippen molar-refractivity contribution in [3.05, 3.63) is 0 Å². The fraction of sp³-hybridized carbons (Fsp3) is 0.867. The van der Waals surface area contributed by atoms with Crippen molar-refractivity contribution in [1.29, 1.82) is 0 Å². The number of piperidine rings is 1. The van der Waals surface area contributed by atoms with Gasteiger partial charge in [-0.15, -0.1) is 0 Å². The molecule has 0 bridgehead atoms. The summed E-state index contributed by atoms with van der Waals surface area (Å²) >= 11 is 0. The summed E-state index contributed by atoms with van der Waals surface area (Å²) in [5, 5.41) is 12.1. The Hall–Kier alpha value is -1.14. The van der Waals surface area contributed by atoms with Crippen molar-refractivity contribution < 1.29 is 14.7 Å². The average molecular weight is 299 g/mol. The molecule has 0 saturated carbocycles. The number of carboxylic acid groups (broad SMARTS) is 1. The average Bonchev–Trinajstić information content (AvgIpc) is 2.50. The number of hydrogen-bond donors (Lipinski definition) is 2. The normalized spacial score (nSPS) is 16.4. The maximum Gasteiger partial charge on any atom is 0.306 e. The SMILES string of the molecule is CCCN(CC)CCNCC(=O)N1CCC(C(=O)O)CC1. The smallest absolute Gasteiger partial charge is 0.306 e. The van der Waals surface area contributed by atoms with Gasteiger partial charge in [0.1, 0.15) is 0 Å². The highest BCUT2D eigenvalue weighted by molar-refractivity contribution is 5.78. The van der Waals surface area contributed by atoms with E-state index >= 15 is 0 Å². The van der Waals surface area contributed by atoms with Gasteiger partial charge >= 0.3 is 5.97 Å². The lowest BCUT2D eigenvalue weighted by molar-refractivity contribution is -0.145. The molecule has 0 unspecified atom stereocenters. The first kappa shape index (κ1) is 17.9. The van der Waals surface area contributed by atoms with E-state index in [2.05, 4.69) is 24.1 Å². The molecule has 21 heavy (non-hydrogen) atoms. The zero-order chi connectivity index (χ0) is 15.7. The highest BCUT2D eigenvalue weighted by Gasteiger charge is 2.26. The molecule has 0 aliphatic carbocycles. The molecule has 0 aromatic rings. The van der Waals surface area contributed by atoms with Gasteiger partial charge in [0, 0.05) is 26.2 Å². The van der Waals surface area contributed by atoms with Gasteiger partial charge in [0.2, 0.25) is 5.91 Å². The van der Waals surface area contributed by atoms with Crippen LogP contribution in [0, 0.1) is 5.92 Å². The van der Waals surface area contributed by atoms with Crippen molar-refractivity contribution in [2.75, 3.05) is 45.8 Å². The largest absolute Gasteiger partial charge is 0.481 e. The first-order chi connectivity index (χ1) is 10.1. The third kappa shape index (κ3) is 6.44. The van der Waals surface area contributed by atoms with Crippen LogP contribution in [0.5, 0.6) is 0 Å². The summed E-state index contributed by atoms with van der Waals surface area (Å²) in [5.74, 6) is -0.942. The predicted octanol–water partition coefficient (Wildman–Crippen LogP) is 0.631. The molecule has 6 heteroatoms. The molecular formula is C15H29N3O3. The van der Waals surface area contributed by atoms with Crippen molar-refractivity contribution in [3.63, 3.8) is 0 Å². The molecule has 0 atom stereocenters. The predicted molar refractivity (Wildman–Crippen MR) is 82.2 cm³/mol. The summed E-state index contributed by atoms with van der Waals surface area (Å²) in [7, 11) is 0. The summed E-state index contributed by atoms with van der Waals surface area (Å²) in [6, 6.07) is 0. The van der Waals surface area contributed by atoms with Crippen LogP contribution in [0.4, 0.5) is 0 Å². The van der Waals surface area contributed by atoms with E-state index in [9.17, 15) is 9.59 Å². The maximum atomic E-state index is 12.0. The van der Waals surface area contributed by atoms with Crippen LogP contribution in [0.2, 0.25) is 0 Å². The van der Waals surface area contributed by atoms with Crippen molar-refractivity contribution in [2.24, 2.45) is 5.92 Å². The Morgan fingerprint density at radius 3 is 2.43 bits per heavy atom. The van der Waals surface area contributed by atoms with E-state index in [1.54, 1.807) is 4.90 Å². The van der Waals surface area contributed by atoms with E-state index in [0.29, 0.717) is 32.5 Å². The van der Waals surface area contributed by atoms with E-state index in [4.69, 9.17) is 5.11 Å². The summed E-state index contributed by atoms with van der Waals surface area (Å²) in [5.41, 5.74) is 0. The zero-order valence-electron chi connectivity index (χ0n) is 13.3. The number of carbonyl (C=O) groups is 2. The van der Waals surface area contributed by atoms with E-state index < -0.39 is 5.97 Å². The van der Waals surface area contributed by atoms with Gasteiger partial charge in [0.15, 0.2) is 0 Å². The number of likely N-dealkylation sites (tertiary alicyclic amines) is 1. The number of nitrogens with one attached hydrogen (secondary N) is 1. The quantitative estimate of drug-likeness (QED) is 0.611. The third-order valence-electron chi connectivity index (χ3n) is 4.06. The van der Waals surface area contributed by atoms with Crippen LogP contribution in [0.25, 0.3) is 0 Å². The highest BCUT2D eigenvalue weighted by atomic mass is 16.4. The first-order valence-corrected chi connectivity index (χ1v) is 8.02. The molecule has 1 aliphatic rings. The van der Waals surface area contributed by atoms with Crippen LogP contribution in [0.15, 0.2) is 0 Å². The molecule has 1 fully saturated rings. The van der Waals surface area contributed by atoms with Crippen molar-refractivity contribution in [3.8, 4) is 0 Å². The number of amides is 1. The van der Waals surface area contributed by atoms with E-state index in [1.165, 1.54) is 0 Å². The monoisotopic (exact) mass is 299 g/mol. The van der Waals surface area contributed by atoms with Crippen LogP contribution in [-0.4, -0.2) is 72.6 Å². The fourth-order valence-corrected chi connectivity index (χ4v) is 2.66. The lowest BCUT2D eigenvalue weighted by atomic mass is 9.97. The molecule has 0 spiro atoms. The highest BCUT2D eigenvalue weighted by Crippen LogP contribution is 2.16. The van der Waals surface area contributed by atoms with Crippen molar-refractivity contribution >= 4 is 11.9 Å². The summed E-state index contributed by atoms with van der Waals surface area (Å²) in [6.45, 7) is 9.68. The Kier molecular flexibility index (Phi) is 8.30. The van der Waals surface area contributed by atoms with Crippen LogP contribution < -0.4 is 5.32 Å². The lowest BCUT2D eigenvalue weighted by Crippen LogP contribution is -2.45. The molecule has 1 saturated heterocycles.